The molecule has 0 bridgehead atoms. The zero-order chi connectivity index (χ0) is 15.7. The van der Waals surface area contributed by atoms with Crippen LogP contribution in [0.1, 0.15) is 61.8 Å². The number of benzene rings is 1. The molecule has 0 amide bonds. The van der Waals surface area contributed by atoms with Crippen LogP contribution in [0.15, 0.2) is 18.2 Å². The predicted molar refractivity (Wildman–Crippen MR) is 79.2 cm³/mol. The van der Waals surface area contributed by atoms with Gasteiger partial charge < -0.3 is 5.32 Å². The summed E-state index contributed by atoms with van der Waals surface area (Å²) in [4.78, 5) is 0. The van der Waals surface area contributed by atoms with E-state index in [-0.39, 0.29) is 11.5 Å². The molecular formula is C17H24F3N. The molecule has 1 fully saturated rings. The summed E-state index contributed by atoms with van der Waals surface area (Å²) in [6.45, 7) is 4.03. The number of nitrogens with one attached hydrogen (secondary N) is 1. The number of halogens is 3. The lowest BCUT2D eigenvalue weighted by Gasteiger charge is -2.41. The molecule has 1 nitrogen and oxygen atoms in total. The summed E-state index contributed by atoms with van der Waals surface area (Å²) in [6, 6.07) is 4.24. The van der Waals surface area contributed by atoms with Gasteiger partial charge in [-0.3, -0.25) is 0 Å². The summed E-state index contributed by atoms with van der Waals surface area (Å²) in [5.41, 5.74) is 1.27. The molecule has 0 saturated heterocycles. The van der Waals surface area contributed by atoms with Crippen molar-refractivity contribution in [3.05, 3.63) is 34.9 Å². The highest BCUT2D eigenvalue weighted by atomic mass is 19.4. The zero-order valence-corrected chi connectivity index (χ0v) is 13.0. The molecule has 0 radical (unpaired) electrons. The number of hydrogen-bond donors (Lipinski definition) is 1. The molecule has 1 aromatic rings. The van der Waals surface area contributed by atoms with Gasteiger partial charge in [-0.2, -0.15) is 13.2 Å². The van der Waals surface area contributed by atoms with Crippen molar-refractivity contribution in [2.75, 3.05) is 7.05 Å². The van der Waals surface area contributed by atoms with Crippen molar-refractivity contribution in [3.63, 3.8) is 0 Å². The molecule has 1 unspecified atom stereocenters. The number of rotatable bonds is 3. The summed E-state index contributed by atoms with van der Waals surface area (Å²) in [6.07, 6.45) is 1.64. The van der Waals surface area contributed by atoms with E-state index in [1.165, 1.54) is 31.4 Å². The first-order valence-corrected chi connectivity index (χ1v) is 7.63. The van der Waals surface area contributed by atoms with Gasteiger partial charge in [-0.1, -0.05) is 32.3 Å². The van der Waals surface area contributed by atoms with Gasteiger partial charge in [0.15, 0.2) is 0 Å². The molecule has 4 heteroatoms. The maximum atomic E-state index is 12.8. The van der Waals surface area contributed by atoms with Crippen LogP contribution in [0, 0.1) is 12.3 Å². The second-order valence-electron chi connectivity index (χ2n) is 6.51. The van der Waals surface area contributed by atoms with E-state index in [0.29, 0.717) is 0 Å². The van der Waals surface area contributed by atoms with Crippen LogP contribution < -0.4 is 5.32 Å². The largest absolute Gasteiger partial charge is 0.416 e. The molecule has 1 saturated carbocycles. The van der Waals surface area contributed by atoms with Crippen molar-refractivity contribution in [3.8, 4) is 0 Å². The Labute approximate surface area is 124 Å². The molecule has 0 heterocycles. The molecule has 0 aliphatic heterocycles. The monoisotopic (exact) mass is 299 g/mol. The Morgan fingerprint density at radius 2 is 1.76 bits per heavy atom. The highest BCUT2D eigenvalue weighted by Gasteiger charge is 2.37. The number of hydrogen-bond acceptors (Lipinski definition) is 1. The van der Waals surface area contributed by atoms with Gasteiger partial charge in [0.2, 0.25) is 0 Å². The van der Waals surface area contributed by atoms with Crippen LogP contribution in [0.5, 0.6) is 0 Å². The van der Waals surface area contributed by atoms with E-state index in [0.717, 1.165) is 24.0 Å². The van der Waals surface area contributed by atoms with Gasteiger partial charge in [0.1, 0.15) is 0 Å². The summed E-state index contributed by atoms with van der Waals surface area (Å²) in [5, 5.41) is 3.35. The van der Waals surface area contributed by atoms with Crippen molar-refractivity contribution in [2.45, 2.75) is 58.2 Å². The fourth-order valence-electron chi connectivity index (χ4n) is 3.70. The van der Waals surface area contributed by atoms with Crippen LogP contribution in [0.25, 0.3) is 0 Å². The molecule has 0 aromatic heterocycles. The highest BCUT2D eigenvalue weighted by molar-refractivity contribution is 5.35. The second kappa shape index (κ2) is 5.99. The van der Waals surface area contributed by atoms with Gasteiger partial charge in [-0.15, -0.1) is 0 Å². The van der Waals surface area contributed by atoms with Crippen molar-refractivity contribution in [1.82, 2.24) is 5.32 Å². The van der Waals surface area contributed by atoms with E-state index in [1.54, 1.807) is 13.0 Å². The summed E-state index contributed by atoms with van der Waals surface area (Å²) < 4.78 is 38.4. The summed E-state index contributed by atoms with van der Waals surface area (Å²) >= 11 is 0. The van der Waals surface area contributed by atoms with Crippen molar-refractivity contribution < 1.29 is 13.2 Å². The van der Waals surface area contributed by atoms with Gasteiger partial charge in [-0.05, 0) is 55.5 Å². The van der Waals surface area contributed by atoms with E-state index in [2.05, 4.69) is 12.2 Å². The number of alkyl halides is 3. The minimum absolute atomic E-state index is 0.111. The van der Waals surface area contributed by atoms with Crippen LogP contribution >= 0.6 is 0 Å². The molecular weight excluding hydrogens is 275 g/mol. The lowest BCUT2D eigenvalue weighted by molar-refractivity contribution is -0.137. The minimum atomic E-state index is -4.27. The van der Waals surface area contributed by atoms with Crippen LogP contribution in [0.3, 0.4) is 0 Å². The first kappa shape index (κ1) is 16.3. The first-order valence-electron chi connectivity index (χ1n) is 7.63. The fourth-order valence-corrected chi connectivity index (χ4v) is 3.70. The Kier molecular flexibility index (Phi) is 4.66. The third-order valence-electron chi connectivity index (χ3n) is 4.89. The van der Waals surface area contributed by atoms with Gasteiger partial charge in [-0.25, -0.2) is 0 Å². The fraction of sp³-hybridized carbons (Fsp3) is 0.647. The molecule has 118 valence electrons. The third-order valence-corrected chi connectivity index (χ3v) is 4.89. The topological polar surface area (TPSA) is 12.0 Å². The average molecular weight is 299 g/mol. The Bertz CT molecular complexity index is 487. The van der Waals surface area contributed by atoms with E-state index in [4.69, 9.17) is 0 Å². The molecule has 1 aromatic carbocycles. The van der Waals surface area contributed by atoms with Crippen LogP contribution in [0.2, 0.25) is 0 Å². The molecule has 21 heavy (non-hydrogen) atoms. The molecule has 2 rings (SSSR count). The van der Waals surface area contributed by atoms with Crippen LogP contribution in [-0.4, -0.2) is 7.05 Å². The summed E-state index contributed by atoms with van der Waals surface area (Å²) in [7, 11) is 1.90. The maximum Gasteiger partial charge on any atom is 0.416 e. The smallest absolute Gasteiger partial charge is 0.313 e. The average Bonchev–Trinajstić information content (AvgIpc) is 2.41. The quantitative estimate of drug-likeness (QED) is 0.804. The van der Waals surface area contributed by atoms with Crippen LogP contribution in [0.4, 0.5) is 13.2 Å². The number of aryl methyl sites for hydroxylation is 1. The third kappa shape index (κ3) is 3.42. The Morgan fingerprint density at radius 3 is 2.24 bits per heavy atom. The lowest BCUT2D eigenvalue weighted by atomic mass is 9.68. The predicted octanol–water partition coefficient (Wildman–Crippen LogP) is 5.24. The Hall–Kier alpha value is -1.03. The van der Waals surface area contributed by atoms with E-state index in [1.807, 2.05) is 7.05 Å². The van der Waals surface area contributed by atoms with Gasteiger partial charge in [0, 0.05) is 6.04 Å². The normalized spacial score (nSPS) is 20.3. The van der Waals surface area contributed by atoms with Crippen molar-refractivity contribution >= 4 is 0 Å². The molecule has 1 aliphatic rings. The minimum Gasteiger partial charge on any atom is -0.313 e. The second-order valence-corrected chi connectivity index (χ2v) is 6.51. The first-order chi connectivity index (χ1) is 9.78. The highest BCUT2D eigenvalue weighted by Crippen LogP contribution is 2.46. The van der Waals surface area contributed by atoms with E-state index >= 15 is 0 Å². The van der Waals surface area contributed by atoms with Gasteiger partial charge in [0.05, 0.1) is 5.56 Å². The van der Waals surface area contributed by atoms with E-state index < -0.39 is 11.7 Å². The lowest BCUT2D eigenvalue weighted by Crippen LogP contribution is -2.36. The van der Waals surface area contributed by atoms with Gasteiger partial charge >= 0.3 is 6.18 Å². The standard InChI is InChI=1S/C17H24F3N/c1-12-11-13(17(18,19)20)7-8-14(12)15(21-3)16(2)9-5-4-6-10-16/h7-8,11,15,21H,4-6,9-10H2,1-3H3. The van der Waals surface area contributed by atoms with Gasteiger partial charge in [0.25, 0.3) is 0 Å². The van der Waals surface area contributed by atoms with Crippen molar-refractivity contribution in [2.24, 2.45) is 5.41 Å². The Balaban J connectivity index is 2.34. The van der Waals surface area contributed by atoms with E-state index in [9.17, 15) is 13.2 Å². The zero-order valence-electron chi connectivity index (χ0n) is 13.0. The molecule has 0 spiro atoms. The molecule has 1 atom stereocenters. The summed E-state index contributed by atoms with van der Waals surface area (Å²) in [5.74, 6) is 0. The SMILES string of the molecule is CNC(c1ccc(C(F)(F)F)cc1C)C1(C)CCCCC1. The van der Waals surface area contributed by atoms with Crippen LogP contribution in [-0.2, 0) is 6.18 Å². The molecule has 1 N–H and O–H groups in total. The maximum absolute atomic E-state index is 12.8. The Morgan fingerprint density at radius 1 is 1.14 bits per heavy atom. The molecule has 1 aliphatic carbocycles. The van der Waals surface area contributed by atoms with Crippen molar-refractivity contribution in [1.29, 1.82) is 0 Å².